The lowest BCUT2D eigenvalue weighted by Crippen LogP contribution is -2.14. The summed E-state index contributed by atoms with van der Waals surface area (Å²) in [6.45, 7) is 0.995. The van der Waals surface area contributed by atoms with Crippen molar-refractivity contribution in [3.05, 3.63) is 54.4 Å². The quantitative estimate of drug-likeness (QED) is 0.290. The monoisotopic (exact) mass is 437 g/mol. The zero-order valence-corrected chi connectivity index (χ0v) is 19.0. The molecule has 0 aliphatic rings. The third-order valence-electron chi connectivity index (χ3n) is 5.29. The van der Waals surface area contributed by atoms with E-state index in [0.29, 0.717) is 25.5 Å². The highest BCUT2D eigenvalue weighted by Gasteiger charge is 2.13. The van der Waals surface area contributed by atoms with Gasteiger partial charge in [0, 0.05) is 31.1 Å². The number of nitrogens with zero attached hydrogens (tertiary/aromatic N) is 3. The van der Waals surface area contributed by atoms with Crippen molar-refractivity contribution in [3.8, 4) is 5.75 Å². The lowest BCUT2D eigenvalue weighted by Gasteiger charge is -2.21. The van der Waals surface area contributed by atoms with Crippen LogP contribution in [0.25, 0.3) is 10.9 Å². The number of aromatic nitrogens is 2. The van der Waals surface area contributed by atoms with Crippen molar-refractivity contribution in [3.63, 3.8) is 0 Å². The number of carbonyl (C=O) groups excluding carboxylic acids is 1. The number of anilines is 2. The average molecular weight is 438 g/mol. The van der Waals surface area contributed by atoms with Gasteiger partial charge in [-0.25, -0.2) is 9.97 Å². The molecule has 1 aromatic heterocycles. The third kappa shape index (κ3) is 6.40. The summed E-state index contributed by atoms with van der Waals surface area (Å²) in [6, 6.07) is 15.9. The standard InChI is InChI=1S/C25H31N3O4/c1-28(19-13-15-20(30-2)16-14-19)25-21-10-7-8-11-22(21)26-23(27-25)18-32-17-9-5-4-6-12-24(29)31-3/h7-8,10-11,13-16H,4-6,9,12,17-18H2,1-3H3. The maximum absolute atomic E-state index is 11.1. The predicted octanol–water partition coefficient (Wildman–Crippen LogP) is 5.05. The summed E-state index contributed by atoms with van der Waals surface area (Å²) in [5.41, 5.74) is 1.90. The van der Waals surface area contributed by atoms with Crippen molar-refractivity contribution >= 4 is 28.4 Å². The Labute approximate surface area is 189 Å². The van der Waals surface area contributed by atoms with E-state index < -0.39 is 0 Å². The molecule has 2 aromatic carbocycles. The van der Waals surface area contributed by atoms with Crippen molar-refractivity contribution in [1.29, 1.82) is 0 Å². The highest BCUT2D eigenvalue weighted by molar-refractivity contribution is 5.91. The zero-order chi connectivity index (χ0) is 22.8. The Morgan fingerprint density at radius 3 is 2.44 bits per heavy atom. The minimum atomic E-state index is -0.148. The second kappa shape index (κ2) is 12.0. The first-order valence-electron chi connectivity index (χ1n) is 10.9. The highest BCUT2D eigenvalue weighted by Crippen LogP contribution is 2.30. The number of hydrogen-bond donors (Lipinski definition) is 0. The van der Waals surface area contributed by atoms with E-state index >= 15 is 0 Å². The van der Waals surface area contributed by atoms with Gasteiger partial charge in [0.2, 0.25) is 0 Å². The second-order valence-electron chi connectivity index (χ2n) is 7.53. The molecule has 0 N–H and O–H groups in total. The molecule has 0 unspecified atom stereocenters. The van der Waals surface area contributed by atoms with Crippen LogP contribution in [0.3, 0.4) is 0 Å². The third-order valence-corrected chi connectivity index (χ3v) is 5.29. The highest BCUT2D eigenvalue weighted by atomic mass is 16.5. The Kier molecular flexibility index (Phi) is 8.80. The first kappa shape index (κ1) is 23.5. The average Bonchev–Trinajstić information content (AvgIpc) is 2.84. The van der Waals surface area contributed by atoms with Crippen LogP contribution in [0.2, 0.25) is 0 Å². The summed E-state index contributed by atoms with van der Waals surface area (Å²) >= 11 is 0. The molecule has 1 heterocycles. The molecule has 170 valence electrons. The van der Waals surface area contributed by atoms with Gasteiger partial charge in [0.25, 0.3) is 0 Å². The molecule has 0 fully saturated rings. The Morgan fingerprint density at radius 2 is 1.69 bits per heavy atom. The number of hydrogen-bond acceptors (Lipinski definition) is 7. The Morgan fingerprint density at radius 1 is 0.938 bits per heavy atom. The van der Waals surface area contributed by atoms with Crippen LogP contribution < -0.4 is 9.64 Å². The van der Waals surface area contributed by atoms with Crippen molar-refractivity contribution in [2.75, 3.05) is 32.8 Å². The van der Waals surface area contributed by atoms with Crippen LogP contribution in [-0.2, 0) is 20.9 Å². The van der Waals surface area contributed by atoms with Gasteiger partial charge in [-0.05, 0) is 49.2 Å². The van der Waals surface area contributed by atoms with Crippen LogP contribution in [0.4, 0.5) is 11.5 Å². The van der Waals surface area contributed by atoms with Crippen molar-refractivity contribution in [2.45, 2.75) is 38.7 Å². The second-order valence-corrected chi connectivity index (χ2v) is 7.53. The fourth-order valence-electron chi connectivity index (χ4n) is 3.45. The summed E-state index contributed by atoms with van der Waals surface area (Å²) in [4.78, 5) is 22.7. The number of carbonyl (C=O) groups is 1. The maximum Gasteiger partial charge on any atom is 0.305 e. The van der Waals surface area contributed by atoms with E-state index in [1.807, 2.05) is 60.5 Å². The van der Waals surface area contributed by atoms with E-state index in [9.17, 15) is 4.79 Å². The van der Waals surface area contributed by atoms with E-state index in [0.717, 1.165) is 53.8 Å². The molecule has 0 spiro atoms. The van der Waals surface area contributed by atoms with E-state index in [2.05, 4.69) is 9.72 Å². The zero-order valence-electron chi connectivity index (χ0n) is 19.0. The number of fused-ring (bicyclic) bond motifs is 1. The Bertz CT molecular complexity index is 1010. The molecular weight excluding hydrogens is 406 g/mol. The van der Waals surface area contributed by atoms with Gasteiger partial charge < -0.3 is 19.1 Å². The summed E-state index contributed by atoms with van der Waals surface area (Å²) in [6.07, 6.45) is 4.27. The molecule has 0 atom stereocenters. The van der Waals surface area contributed by atoms with Crippen LogP contribution in [0.1, 0.15) is 37.9 Å². The van der Waals surface area contributed by atoms with Crippen molar-refractivity contribution in [1.82, 2.24) is 9.97 Å². The summed E-state index contributed by atoms with van der Waals surface area (Å²) in [7, 11) is 5.08. The van der Waals surface area contributed by atoms with E-state index in [4.69, 9.17) is 14.5 Å². The van der Waals surface area contributed by atoms with Gasteiger partial charge in [0.05, 0.1) is 19.7 Å². The molecule has 0 radical (unpaired) electrons. The molecular formula is C25H31N3O4. The van der Waals surface area contributed by atoms with Gasteiger partial charge in [0.1, 0.15) is 18.2 Å². The van der Waals surface area contributed by atoms with Gasteiger partial charge in [-0.15, -0.1) is 0 Å². The smallest absolute Gasteiger partial charge is 0.305 e. The number of rotatable bonds is 12. The first-order chi connectivity index (χ1) is 15.6. The Balaban J connectivity index is 1.61. The molecule has 7 heteroatoms. The largest absolute Gasteiger partial charge is 0.497 e. The normalized spacial score (nSPS) is 10.8. The molecule has 0 saturated heterocycles. The number of para-hydroxylation sites is 1. The molecule has 0 bridgehead atoms. The van der Waals surface area contributed by atoms with Gasteiger partial charge in [0.15, 0.2) is 5.82 Å². The molecule has 0 saturated carbocycles. The minimum Gasteiger partial charge on any atom is -0.497 e. The predicted molar refractivity (Wildman–Crippen MR) is 125 cm³/mol. The molecule has 32 heavy (non-hydrogen) atoms. The number of methoxy groups -OCH3 is 2. The van der Waals surface area contributed by atoms with Crippen LogP contribution in [0.15, 0.2) is 48.5 Å². The molecule has 3 rings (SSSR count). The number of ether oxygens (including phenoxy) is 3. The van der Waals surface area contributed by atoms with E-state index in [-0.39, 0.29) is 5.97 Å². The van der Waals surface area contributed by atoms with Gasteiger partial charge in [-0.3, -0.25) is 4.79 Å². The molecule has 0 aliphatic heterocycles. The fourth-order valence-corrected chi connectivity index (χ4v) is 3.45. The molecule has 0 amide bonds. The topological polar surface area (TPSA) is 73.8 Å². The lowest BCUT2D eigenvalue weighted by atomic mass is 10.1. The minimum absolute atomic E-state index is 0.148. The lowest BCUT2D eigenvalue weighted by molar-refractivity contribution is -0.140. The van der Waals surface area contributed by atoms with E-state index in [1.54, 1.807) is 7.11 Å². The van der Waals surface area contributed by atoms with Gasteiger partial charge >= 0.3 is 5.97 Å². The fraction of sp³-hybridized carbons (Fsp3) is 0.400. The van der Waals surface area contributed by atoms with Crippen molar-refractivity contribution in [2.24, 2.45) is 0 Å². The van der Waals surface area contributed by atoms with Crippen LogP contribution in [0.5, 0.6) is 5.75 Å². The van der Waals surface area contributed by atoms with Gasteiger partial charge in [-0.2, -0.15) is 0 Å². The number of esters is 1. The van der Waals surface area contributed by atoms with Gasteiger partial charge in [-0.1, -0.05) is 25.0 Å². The van der Waals surface area contributed by atoms with Crippen LogP contribution in [0, 0.1) is 0 Å². The number of benzene rings is 2. The van der Waals surface area contributed by atoms with E-state index in [1.165, 1.54) is 7.11 Å². The SMILES string of the molecule is COC(=O)CCCCCCOCc1nc(N(C)c2ccc(OC)cc2)c2ccccc2n1. The summed E-state index contributed by atoms with van der Waals surface area (Å²) in [5, 5.41) is 0.986. The van der Waals surface area contributed by atoms with Crippen LogP contribution >= 0.6 is 0 Å². The summed E-state index contributed by atoms with van der Waals surface area (Å²) < 4.78 is 15.8. The first-order valence-corrected chi connectivity index (χ1v) is 10.9. The molecule has 0 aliphatic carbocycles. The molecule has 7 nitrogen and oxygen atoms in total. The maximum atomic E-state index is 11.1. The van der Waals surface area contributed by atoms with Crippen LogP contribution in [-0.4, -0.2) is 43.8 Å². The van der Waals surface area contributed by atoms with Crippen molar-refractivity contribution < 1.29 is 19.0 Å². The molecule has 3 aromatic rings. The Hall–Kier alpha value is -3.19. The summed E-state index contributed by atoms with van der Waals surface area (Å²) in [5.74, 6) is 2.16. The number of unbranched alkanes of at least 4 members (excludes halogenated alkanes) is 3.